The number of likely N-dealkylation sites (tertiary alicyclic amines) is 1. The summed E-state index contributed by atoms with van der Waals surface area (Å²) in [5.74, 6) is -0.213. The molecule has 1 aliphatic rings. The molecule has 0 bridgehead atoms. The number of hydrogen-bond acceptors (Lipinski definition) is 4. The van der Waals surface area contributed by atoms with Crippen molar-refractivity contribution in [3.63, 3.8) is 0 Å². The molecule has 0 radical (unpaired) electrons. The molecule has 5 heteroatoms. The fourth-order valence-corrected chi connectivity index (χ4v) is 3.87. The van der Waals surface area contributed by atoms with Crippen LogP contribution in [0.1, 0.15) is 29.8 Å². The molecule has 1 fully saturated rings. The zero-order chi connectivity index (χ0) is 13.3. The lowest BCUT2D eigenvalue weighted by atomic mass is 10.0. The van der Waals surface area contributed by atoms with E-state index in [-0.39, 0.29) is 23.9 Å². The number of carbonyl (C=O) groups is 1. The zero-order valence-corrected chi connectivity index (χ0v) is 11.7. The van der Waals surface area contributed by atoms with Crippen LogP contribution in [-0.4, -0.2) is 29.9 Å². The summed E-state index contributed by atoms with van der Waals surface area (Å²) >= 11 is 1.74. The molecule has 1 aromatic rings. The Kier molecular flexibility index (Phi) is 4.04. The first-order valence-corrected chi connectivity index (χ1v) is 7.21. The number of aryl methyl sites for hydroxylation is 1. The molecule has 1 amide bonds. The zero-order valence-electron chi connectivity index (χ0n) is 10.9. The van der Waals surface area contributed by atoms with Crippen LogP contribution in [0.3, 0.4) is 0 Å². The van der Waals surface area contributed by atoms with Crippen LogP contribution < -0.4 is 11.5 Å². The lowest BCUT2D eigenvalue weighted by Crippen LogP contribution is -2.39. The van der Waals surface area contributed by atoms with E-state index in [1.165, 1.54) is 10.4 Å². The summed E-state index contributed by atoms with van der Waals surface area (Å²) in [4.78, 5) is 14.9. The van der Waals surface area contributed by atoms with Gasteiger partial charge in [-0.05, 0) is 43.8 Å². The molecule has 2 rings (SSSR count). The standard InChI is InChI=1S/C13H21N3OS/c1-8-4-6-18-12(8)11(9(2)14)16-5-3-10(7-16)13(15)17/h4,6,9-11H,3,5,7,14H2,1-2H3,(H2,15,17). The van der Waals surface area contributed by atoms with Crippen LogP contribution >= 0.6 is 11.3 Å². The first kappa shape index (κ1) is 13.5. The van der Waals surface area contributed by atoms with E-state index in [0.29, 0.717) is 0 Å². The Morgan fingerprint density at radius 1 is 1.61 bits per heavy atom. The Hall–Kier alpha value is -0.910. The third kappa shape index (κ3) is 2.58. The predicted octanol–water partition coefficient (Wildman–Crippen LogP) is 1.25. The summed E-state index contributed by atoms with van der Waals surface area (Å²) < 4.78 is 0. The van der Waals surface area contributed by atoms with Crippen LogP contribution in [0.5, 0.6) is 0 Å². The SMILES string of the molecule is Cc1ccsc1C(C(C)N)N1CCC(C(N)=O)C1. The Labute approximate surface area is 112 Å². The molecule has 100 valence electrons. The van der Waals surface area contributed by atoms with Gasteiger partial charge in [0.15, 0.2) is 0 Å². The Bertz CT molecular complexity index is 430. The highest BCUT2D eigenvalue weighted by molar-refractivity contribution is 7.10. The molecule has 1 aliphatic heterocycles. The summed E-state index contributed by atoms with van der Waals surface area (Å²) in [5, 5.41) is 2.10. The lowest BCUT2D eigenvalue weighted by molar-refractivity contribution is -0.121. The van der Waals surface area contributed by atoms with E-state index in [1.807, 2.05) is 6.92 Å². The van der Waals surface area contributed by atoms with E-state index in [4.69, 9.17) is 11.5 Å². The van der Waals surface area contributed by atoms with Crippen molar-refractivity contribution in [2.75, 3.05) is 13.1 Å². The molecular weight excluding hydrogens is 246 g/mol. The normalized spacial score (nSPS) is 24.1. The van der Waals surface area contributed by atoms with Crippen molar-refractivity contribution in [2.24, 2.45) is 17.4 Å². The molecule has 4 N–H and O–H groups in total. The number of carbonyl (C=O) groups excluding carboxylic acids is 1. The largest absolute Gasteiger partial charge is 0.369 e. The second kappa shape index (κ2) is 5.38. The van der Waals surface area contributed by atoms with Gasteiger partial charge >= 0.3 is 0 Å². The third-order valence-electron chi connectivity index (χ3n) is 3.68. The van der Waals surface area contributed by atoms with E-state index in [1.54, 1.807) is 11.3 Å². The molecule has 1 aromatic heterocycles. The van der Waals surface area contributed by atoms with Gasteiger partial charge in [0, 0.05) is 17.5 Å². The average Bonchev–Trinajstić information content (AvgIpc) is 2.89. The number of nitrogens with zero attached hydrogens (tertiary/aromatic N) is 1. The molecule has 0 saturated carbocycles. The second-order valence-corrected chi connectivity index (χ2v) is 6.10. The van der Waals surface area contributed by atoms with E-state index >= 15 is 0 Å². The van der Waals surface area contributed by atoms with Crippen molar-refractivity contribution in [1.82, 2.24) is 4.90 Å². The lowest BCUT2D eigenvalue weighted by Gasteiger charge is -2.30. The van der Waals surface area contributed by atoms with Crippen LogP contribution in [0, 0.1) is 12.8 Å². The van der Waals surface area contributed by atoms with E-state index < -0.39 is 0 Å². The minimum Gasteiger partial charge on any atom is -0.369 e. The summed E-state index contributed by atoms with van der Waals surface area (Å²) in [6, 6.07) is 2.38. The van der Waals surface area contributed by atoms with Gasteiger partial charge in [0.2, 0.25) is 5.91 Å². The molecular formula is C13H21N3OS. The van der Waals surface area contributed by atoms with Crippen molar-refractivity contribution >= 4 is 17.2 Å². The third-order valence-corrected chi connectivity index (χ3v) is 4.77. The molecule has 0 aliphatic carbocycles. The van der Waals surface area contributed by atoms with Crippen molar-refractivity contribution < 1.29 is 4.79 Å². The molecule has 0 aromatic carbocycles. The Balaban J connectivity index is 2.18. The number of rotatable bonds is 4. The van der Waals surface area contributed by atoms with Gasteiger partial charge in [-0.3, -0.25) is 9.69 Å². The summed E-state index contributed by atoms with van der Waals surface area (Å²) in [6.07, 6.45) is 0.850. The van der Waals surface area contributed by atoms with Crippen molar-refractivity contribution in [2.45, 2.75) is 32.4 Å². The van der Waals surface area contributed by atoms with Gasteiger partial charge in [0.05, 0.1) is 12.0 Å². The quantitative estimate of drug-likeness (QED) is 0.862. The number of hydrogen-bond donors (Lipinski definition) is 2. The first-order valence-electron chi connectivity index (χ1n) is 6.33. The van der Waals surface area contributed by atoms with Gasteiger partial charge in [-0.2, -0.15) is 0 Å². The molecule has 1 saturated heterocycles. The molecule has 18 heavy (non-hydrogen) atoms. The van der Waals surface area contributed by atoms with Crippen molar-refractivity contribution in [1.29, 1.82) is 0 Å². The molecule has 0 spiro atoms. The molecule has 2 heterocycles. The topological polar surface area (TPSA) is 72.3 Å². The van der Waals surface area contributed by atoms with Crippen LogP contribution in [-0.2, 0) is 4.79 Å². The maximum Gasteiger partial charge on any atom is 0.221 e. The molecule has 3 atom stereocenters. The Morgan fingerprint density at radius 2 is 2.33 bits per heavy atom. The smallest absolute Gasteiger partial charge is 0.221 e. The number of thiophene rings is 1. The predicted molar refractivity (Wildman–Crippen MR) is 74.3 cm³/mol. The van der Waals surface area contributed by atoms with E-state index in [0.717, 1.165) is 19.5 Å². The van der Waals surface area contributed by atoms with Gasteiger partial charge < -0.3 is 11.5 Å². The summed E-state index contributed by atoms with van der Waals surface area (Å²) in [5.41, 5.74) is 12.8. The van der Waals surface area contributed by atoms with E-state index in [9.17, 15) is 4.79 Å². The van der Waals surface area contributed by atoms with E-state index in [2.05, 4.69) is 23.3 Å². The highest BCUT2D eigenvalue weighted by Gasteiger charge is 2.34. The highest BCUT2D eigenvalue weighted by Crippen LogP contribution is 2.34. The van der Waals surface area contributed by atoms with Crippen molar-refractivity contribution in [3.05, 3.63) is 21.9 Å². The number of primary amides is 1. The van der Waals surface area contributed by atoms with Gasteiger partial charge in [-0.1, -0.05) is 0 Å². The molecule has 3 unspecified atom stereocenters. The Morgan fingerprint density at radius 3 is 2.78 bits per heavy atom. The van der Waals surface area contributed by atoms with Crippen LogP contribution in [0.2, 0.25) is 0 Å². The summed E-state index contributed by atoms with van der Waals surface area (Å²) in [6.45, 7) is 5.78. The second-order valence-electron chi connectivity index (χ2n) is 5.15. The van der Waals surface area contributed by atoms with Crippen molar-refractivity contribution in [3.8, 4) is 0 Å². The fraction of sp³-hybridized carbons (Fsp3) is 0.615. The van der Waals surface area contributed by atoms with Crippen LogP contribution in [0.4, 0.5) is 0 Å². The van der Waals surface area contributed by atoms with Crippen LogP contribution in [0.25, 0.3) is 0 Å². The minimum absolute atomic E-state index is 0.0217. The van der Waals surface area contributed by atoms with Gasteiger partial charge in [-0.15, -0.1) is 11.3 Å². The maximum atomic E-state index is 11.3. The highest BCUT2D eigenvalue weighted by atomic mass is 32.1. The number of amides is 1. The number of nitrogens with two attached hydrogens (primary N) is 2. The first-order chi connectivity index (χ1) is 8.50. The van der Waals surface area contributed by atoms with Gasteiger partial charge in [-0.25, -0.2) is 0 Å². The molecule has 4 nitrogen and oxygen atoms in total. The maximum absolute atomic E-state index is 11.3. The fourth-order valence-electron chi connectivity index (χ4n) is 2.70. The van der Waals surface area contributed by atoms with Gasteiger partial charge in [0.1, 0.15) is 0 Å². The summed E-state index contributed by atoms with van der Waals surface area (Å²) in [7, 11) is 0. The monoisotopic (exact) mass is 267 g/mol. The minimum atomic E-state index is -0.191. The van der Waals surface area contributed by atoms with Gasteiger partial charge in [0.25, 0.3) is 0 Å². The average molecular weight is 267 g/mol. The van der Waals surface area contributed by atoms with Crippen LogP contribution in [0.15, 0.2) is 11.4 Å².